The quantitative estimate of drug-likeness (QED) is 0.839. The lowest BCUT2D eigenvalue weighted by Crippen LogP contribution is -2.50. The molecule has 1 aromatic carbocycles. The number of aryl methyl sites for hydroxylation is 1. The van der Waals surface area contributed by atoms with Crippen molar-refractivity contribution in [3.8, 4) is 0 Å². The van der Waals surface area contributed by atoms with E-state index < -0.39 is 0 Å². The number of rotatable bonds is 6. The molecule has 21 heavy (non-hydrogen) atoms. The van der Waals surface area contributed by atoms with Gasteiger partial charge in [0, 0.05) is 18.1 Å². The maximum atomic E-state index is 3.72. The third-order valence-corrected chi connectivity index (χ3v) is 5.01. The lowest BCUT2D eigenvalue weighted by atomic mass is 9.92. The summed E-state index contributed by atoms with van der Waals surface area (Å²) in [6, 6.07) is 10.8. The Hall–Kier alpha value is -0.860. The van der Waals surface area contributed by atoms with Crippen LogP contribution in [0.25, 0.3) is 0 Å². The highest BCUT2D eigenvalue weighted by Crippen LogP contribution is 2.28. The molecule has 1 saturated heterocycles. The first-order chi connectivity index (χ1) is 10.2. The summed E-state index contributed by atoms with van der Waals surface area (Å²) in [6.07, 6.45) is 5.40. The van der Waals surface area contributed by atoms with E-state index in [-0.39, 0.29) is 0 Å². The van der Waals surface area contributed by atoms with Crippen molar-refractivity contribution in [1.82, 2.24) is 10.2 Å². The second kappa shape index (κ2) is 7.95. The first kappa shape index (κ1) is 16.5. The van der Waals surface area contributed by atoms with Crippen LogP contribution in [0.4, 0.5) is 0 Å². The molecule has 3 atom stereocenters. The number of piperidine rings is 1. The molecule has 1 fully saturated rings. The fourth-order valence-electron chi connectivity index (χ4n) is 3.75. The average Bonchev–Trinajstić information content (AvgIpc) is 2.53. The predicted octanol–water partition coefficient (Wildman–Crippen LogP) is 4.30. The fourth-order valence-corrected chi connectivity index (χ4v) is 3.75. The summed E-state index contributed by atoms with van der Waals surface area (Å²) >= 11 is 0. The predicted molar refractivity (Wildman–Crippen MR) is 91.7 cm³/mol. The Labute approximate surface area is 130 Å². The van der Waals surface area contributed by atoms with Crippen molar-refractivity contribution in [3.63, 3.8) is 0 Å². The molecule has 0 saturated carbocycles. The van der Waals surface area contributed by atoms with E-state index in [1.165, 1.54) is 43.4 Å². The maximum Gasteiger partial charge on any atom is 0.0475 e. The topological polar surface area (TPSA) is 15.3 Å². The van der Waals surface area contributed by atoms with Gasteiger partial charge in [-0.2, -0.15) is 0 Å². The van der Waals surface area contributed by atoms with Crippen molar-refractivity contribution < 1.29 is 0 Å². The van der Waals surface area contributed by atoms with E-state index in [1.54, 1.807) is 0 Å². The minimum atomic E-state index is 0.433. The van der Waals surface area contributed by atoms with Gasteiger partial charge in [-0.15, -0.1) is 0 Å². The molecular weight excluding hydrogens is 256 g/mol. The van der Waals surface area contributed by atoms with Gasteiger partial charge in [-0.1, -0.05) is 50.1 Å². The molecule has 0 amide bonds. The van der Waals surface area contributed by atoms with Crippen LogP contribution in [0.3, 0.4) is 0 Å². The Morgan fingerprint density at radius 2 is 1.90 bits per heavy atom. The van der Waals surface area contributed by atoms with Crippen LogP contribution in [-0.2, 0) is 0 Å². The molecular formula is C19H32N2. The van der Waals surface area contributed by atoms with Gasteiger partial charge < -0.3 is 5.32 Å². The summed E-state index contributed by atoms with van der Waals surface area (Å²) in [5.74, 6) is 0. The molecule has 1 aliphatic heterocycles. The number of hydrogen-bond donors (Lipinski definition) is 1. The average molecular weight is 288 g/mol. The van der Waals surface area contributed by atoms with E-state index in [1.807, 2.05) is 0 Å². The smallest absolute Gasteiger partial charge is 0.0475 e. The highest BCUT2D eigenvalue weighted by Gasteiger charge is 2.30. The number of nitrogens with zero attached hydrogens (tertiary/aromatic N) is 1. The molecule has 1 N–H and O–H groups in total. The number of benzene rings is 1. The molecule has 1 aliphatic rings. The van der Waals surface area contributed by atoms with Gasteiger partial charge >= 0.3 is 0 Å². The van der Waals surface area contributed by atoms with Crippen LogP contribution < -0.4 is 5.32 Å². The Morgan fingerprint density at radius 3 is 2.52 bits per heavy atom. The monoisotopic (exact) mass is 288 g/mol. The zero-order valence-electron chi connectivity index (χ0n) is 14.2. The molecule has 2 rings (SSSR count). The van der Waals surface area contributed by atoms with Crippen LogP contribution in [0.5, 0.6) is 0 Å². The molecule has 0 bridgehead atoms. The Bertz CT molecular complexity index is 412. The van der Waals surface area contributed by atoms with E-state index in [0.717, 1.165) is 12.6 Å². The summed E-state index contributed by atoms with van der Waals surface area (Å²) in [6.45, 7) is 11.4. The maximum absolute atomic E-state index is 3.72. The van der Waals surface area contributed by atoms with Crippen molar-refractivity contribution in [1.29, 1.82) is 0 Å². The van der Waals surface area contributed by atoms with Crippen molar-refractivity contribution in [3.05, 3.63) is 35.4 Å². The number of likely N-dealkylation sites (tertiary alicyclic amines) is 1. The minimum absolute atomic E-state index is 0.433. The molecule has 3 unspecified atom stereocenters. The summed E-state index contributed by atoms with van der Waals surface area (Å²) < 4.78 is 0. The van der Waals surface area contributed by atoms with Gasteiger partial charge in [0.1, 0.15) is 0 Å². The largest absolute Gasteiger partial charge is 0.309 e. The van der Waals surface area contributed by atoms with Gasteiger partial charge in [0.15, 0.2) is 0 Å². The SMILES string of the molecule is CCNC(c1ccc(C)cc1)C(C)N1CCCCC1CC. The molecule has 118 valence electrons. The van der Waals surface area contributed by atoms with Crippen LogP contribution in [0.2, 0.25) is 0 Å². The summed E-state index contributed by atoms with van der Waals surface area (Å²) in [5.41, 5.74) is 2.77. The lowest BCUT2D eigenvalue weighted by Gasteiger charge is -2.43. The molecule has 2 heteroatoms. The van der Waals surface area contributed by atoms with Gasteiger partial charge in [-0.3, -0.25) is 4.90 Å². The van der Waals surface area contributed by atoms with Gasteiger partial charge in [0.2, 0.25) is 0 Å². The van der Waals surface area contributed by atoms with Crippen LogP contribution in [0.1, 0.15) is 63.6 Å². The highest BCUT2D eigenvalue weighted by molar-refractivity contribution is 5.25. The fraction of sp³-hybridized carbons (Fsp3) is 0.684. The second-order valence-corrected chi connectivity index (χ2v) is 6.48. The van der Waals surface area contributed by atoms with E-state index in [0.29, 0.717) is 12.1 Å². The molecule has 0 spiro atoms. The van der Waals surface area contributed by atoms with Crippen molar-refractivity contribution in [2.45, 2.75) is 71.5 Å². The van der Waals surface area contributed by atoms with E-state index in [2.05, 4.69) is 62.2 Å². The third-order valence-electron chi connectivity index (χ3n) is 5.01. The zero-order valence-corrected chi connectivity index (χ0v) is 14.2. The second-order valence-electron chi connectivity index (χ2n) is 6.48. The molecule has 0 aliphatic carbocycles. The lowest BCUT2D eigenvalue weighted by molar-refractivity contribution is 0.0787. The first-order valence-electron chi connectivity index (χ1n) is 8.73. The Kier molecular flexibility index (Phi) is 6.25. The van der Waals surface area contributed by atoms with Crippen molar-refractivity contribution in [2.75, 3.05) is 13.1 Å². The summed E-state index contributed by atoms with van der Waals surface area (Å²) in [4.78, 5) is 2.75. The molecule has 1 aromatic rings. The molecule has 0 radical (unpaired) electrons. The number of likely N-dealkylation sites (N-methyl/N-ethyl adjacent to an activating group) is 1. The molecule has 1 heterocycles. The van der Waals surface area contributed by atoms with Crippen molar-refractivity contribution in [2.24, 2.45) is 0 Å². The van der Waals surface area contributed by atoms with E-state index >= 15 is 0 Å². The van der Waals surface area contributed by atoms with E-state index in [4.69, 9.17) is 0 Å². The summed E-state index contributed by atoms with van der Waals surface area (Å²) in [7, 11) is 0. The number of nitrogens with one attached hydrogen (secondary N) is 1. The normalized spacial score (nSPS) is 23.0. The molecule has 0 aromatic heterocycles. The first-order valence-corrected chi connectivity index (χ1v) is 8.73. The number of hydrogen-bond acceptors (Lipinski definition) is 2. The van der Waals surface area contributed by atoms with Crippen molar-refractivity contribution >= 4 is 0 Å². The Morgan fingerprint density at radius 1 is 1.19 bits per heavy atom. The van der Waals surface area contributed by atoms with Gasteiger partial charge in [-0.05, 0) is 51.8 Å². The van der Waals surface area contributed by atoms with Crippen LogP contribution >= 0.6 is 0 Å². The summed E-state index contributed by atoms with van der Waals surface area (Å²) in [5, 5.41) is 3.72. The third kappa shape index (κ3) is 4.08. The van der Waals surface area contributed by atoms with Gasteiger partial charge in [0.05, 0.1) is 0 Å². The van der Waals surface area contributed by atoms with E-state index in [9.17, 15) is 0 Å². The highest BCUT2D eigenvalue weighted by atomic mass is 15.2. The Balaban J connectivity index is 2.17. The minimum Gasteiger partial charge on any atom is -0.309 e. The van der Waals surface area contributed by atoms with Crippen LogP contribution in [-0.4, -0.2) is 30.1 Å². The zero-order chi connectivity index (χ0) is 15.2. The van der Waals surface area contributed by atoms with Crippen LogP contribution in [0.15, 0.2) is 24.3 Å². The molecule has 2 nitrogen and oxygen atoms in total. The van der Waals surface area contributed by atoms with Gasteiger partial charge in [-0.25, -0.2) is 0 Å². The van der Waals surface area contributed by atoms with Gasteiger partial charge in [0.25, 0.3) is 0 Å². The van der Waals surface area contributed by atoms with Crippen LogP contribution in [0, 0.1) is 6.92 Å². The standard InChI is InChI=1S/C19H32N2/c1-5-18-9-7-8-14-21(18)16(4)19(20-6-2)17-12-10-15(3)11-13-17/h10-13,16,18-20H,5-9,14H2,1-4H3.